The van der Waals surface area contributed by atoms with Gasteiger partial charge in [0.15, 0.2) is 0 Å². The lowest BCUT2D eigenvalue weighted by molar-refractivity contribution is -0.133. The largest absolute Gasteiger partial charge is 0.426 e. The van der Waals surface area contributed by atoms with E-state index in [0.29, 0.717) is 11.4 Å². The number of hydrogen-bond donors (Lipinski definition) is 0. The zero-order chi connectivity index (χ0) is 18.8. The van der Waals surface area contributed by atoms with Crippen molar-refractivity contribution in [2.24, 2.45) is 11.8 Å². The fourth-order valence-corrected chi connectivity index (χ4v) is 4.01. The number of nitrogens with zero attached hydrogens (tertiary/aromatic N) is 1. The van der Waals surface area contributed by atoms with Crippen LogP contribution in [0.15, 0.2) is 54.6 Å². The Hall–Kier alpha value is -2.95. The second kappa shape index (κ2) is 7.35. The maximum atomic E-state index is 12.6. The molecule has 0 radical (unpaired) electrons. The average Bonchev–Trinajstić information content (AvgIpc) is 2.94. The molecule has 1 aliphatic heterocycles. The Morgan fingerprint density at radius 2 is 1.48 bits per heavy atom. The third-order valence-corrected chi connectivity index (χ3v) is 5.36. The first-order valence-corrected chi connectivity index (χ1v) is 9.36. The average molecular weight is 363 g/mol. The predicted molar refractivity (Wildman–Crippen MR) is 100 cm³/mol. The summed E-state index contributed by atoms with van der Waals surface area (Å²) in [6.45, 7) is 0. The van der Waals surface area contributed by atoms with E-state index in [1.807, 2.05) is 30.3 Å². The van der Waals surface area contributed by atoms with Gasteiger partial charge in [0.05, 0.1) is 23.9 Å². The highest BCUT2D eigenvalue weighted by Crippen LogP contribution is 2.40. The minimum atomic E-state index is -0.353. The van der Waals surface area contributed by atoms with E-state index in [9.17, 15) is 14.4 Å². The van der Waals surface area contributed by atoms with Gasteiger partial charge >= 0.3 is 5.97 Å². The number of carbonyl (C=O) groups excluding carboxylic acids is 3. The minimum absolute atomic E-state index is 0.0986. The topological polar surface area (TPSA) is 63.7 Å². The van der Waals surface area contributed by atoms with Gasteiger partial charge in [-0.05, 0) is 42.7 Å². The van der Waals surface area contributed by atoms with Crippen LogP contribution in [0.2, 0.25) is 0 Å². The summed E-state index contributed by atoms with van der Waals surface area (Å²) in [5, 5.41) is 0. The Balaban J connectivity index is 1.44. The molecule has 1 aliphatic carbocycles. The Morgan fingerprint density at radius 1 is 0.889 bits per heavy atom. The predicted octanol–water partition coefficient (Wildman–Crippen LogP) is 3.51. The van der Waals surface area contributed by atoms with E-state index in [1.54, 1.807) is 24.3 Å². The summed E-state index contributed by atoms with van der Waals surface area (Å²) in [7, 11) is 0. The standard InChI is InChI=1S/C22H21NO4/c24-20(14-15-6-2-1-3-7-15)27-17-12-10-16(11-13-17)23-21(25)18-8-4-5-9-19(18)22(23)26/h1-3,6-7,10-13,18-19H,4-5,8-9,14H2/t18-,19-/m1/s1. The summed E-state index contributed by atoms with van der Waals surface area (Å²) in [6.07, 6.45) is 3.78. The highest BCUT2D eigenvalue weighted by Gasteiger charge is 2.48. The van der Waals surface area contributed by atoms with Crippen molar-refractivity contribution in [2.75, 3.05) is 4.90 Å². The van der Waals surface area contributed by atoms with Crippen LogP contribution in [0.1, 0.15) is 31.2 Å². The number of benzene rings is 2. The van der Waals surface area contributed by atoms with Gasteiger partial charge in [0.2, 0.25) is 11.8 Å². The number of carbonyl (C=O) groups is 3. The van der Waals surface area contributed by atoms with Gasteiger partial charge in [-0.25, -0.2) is 0 Å². The van der Waals surface area contributed by atoms with E-state index in [0.717, 1.165) is 31.2 Å². The SMILES string of the molecule is O=C(Cc1ccccc1)Oc1ccc(N2C(=O)[C@@H]3CCCC[C@H]3C2=O)cc1. The first-order valence-electron chi connectivity index (χ1n) is 9.36. The molecule has 0 unspecified atom stereocenters. The van der Waals surface area contributed by atoms with E-state index in [2.05, 4.69) is 0 Å². The molecule has 1 saturated carbocycles. The van der Waals surface area contributed by atoms with Crippen LogP contribution in [0, 0.1) is 11.8 Å². The fourth-order valence-electron chi connectivity index (χ4n) is 4.01. The summed E-state index contributed by atoms with van der Waals surface area (Å²) in [4.78, 5) is 38.6. The monoisotopic (exact) mass is 363 g/mol. The molecule has 5 heteroatoms. The third-order valence-electron chi connectivity index (χ3n) is 5.36. The fraction of sp³-hybridized carbons (Fsp3) is 0.318. The molecule has 2 atom stereocenters. The molecule has 2 aromatic rings. The lowest BCUT2D eigenvalue weighted by Gasteiger charge is -2.19. The van der Waals surface area contributed by atoms with Crippen LogP contribution in [0.3, 0.4) is 0 Å². The molecule has 0 spiro atoms. The Labute approximate surface area is 157 Å². The molecule has 1 heterocycles. The Morgan fingerprint density at radius 3 is 2.07 bits per heavy atom. The van der Waals surface area contributed by atoms with E-state index in [1.165, 1.54) is 4.90 Å². The number of rotatable bonds is 4. The molecule has 4 rings (SSSR count). The molecule has 2 aliphatic rings. The maximum absolute atomic E-state index is 12.6. The summed E-state index contributed by atoms with van der Waals surface area (Å²) >= 11 is 0. The maximum Gasteiger partial charge on any atom is 0.315 e. The Kier molecular flexibility index (Phi) is 4.75. The van der Waals surface area contributed by atoms with Gasteiger partial charge in [-0.2, -0.15) is 0 Å². The van der Waals surface area contributed by atoms with Crippen LogP contribution in [-0.4, -0.2) is 17.8 Å². The molecule has 2 aromatic carbocycles. The van der Waals surface area contributed by atoms with Crippen LogP contribution in [0.25, 0.3) is 0 Å². The van der Waals surface area contributed by atoms with Crippen LogP contribution in [0.5, 0.6) is 5.75 Å². The van der Waals surface area contributed by atoms with Gasteiger partial charge in [0.1, 0.15) is 5.75 Å². The molecule has 5 nitrogen and oxygen atoms in total. The minimum Gasteiger partial charge on any atom is -0.426 e. The van der Waals surface area contributed by atoms with Crippen molar-refractivity contribution in [3.8, 4) is 5.75 Å². The highest BCUT2D eigenvalue weighted by molar-refractivity contribution is 6.22. The molecule has 0 bridgehead atoms. The van der Waals surface area contributed by atoms with Gasteiger partial charge in [-0.1, -0.05) is 43.2 Å². The van der Waals surface area contributed by atoms with E-state index >= 15 is 0 Å². The van der Waals surface area contributed by atoms with Crippen molar-refractivity contribution in [3.05, 3.63) is 60.2 Å². The Bertz CT molecular complexity index is 836. The number of imide groups is 1. The molecule has 2 fully saturated rings. The van der Waals surface area contributed by atoms with Gasteiger partial charge < -0.3 is 4.74 Å². The van der Waals surface area contributed by atoms with Crippen molar-refractivity contribution in [1.82, 2.24) is 0 Å². The number of amides is 2. The smallest absolute Gasteiger partial charge is 0.315 e. The van der Waals surface area contributed by atoms with Gasteiger partial charge in [0, 0.05) is 0 Å². The molecule has 0 aromatic heterocycles. The lowest BCUT2D eigenvalue weighted by Crippen LogP contribution is -2.30. The summed E-state index contributed by atoms with van der Waals surface area (Å²) < 4.78 is 5.36. The van der Waals surface area contributed by atoms with E-state index in [4.69, 9.17) is 4.74 Å². The van der Waals surface area contributed by atoms with Crippen molar-refractivity contribution in [3.63, 3.8) is 0 Å². The quantitative estimate of drug-likeness (QED) is 0.474. The van der Waals surface area contributed by atoms with Crippen LogP contribution in [0.4, 0.5) is 5.69 Å². The van der Waals surface area contributed by atoms with Crippen molar-refractivity contribution in [2.45, 2.75) is 32.1 Å². The van der Waals surface area contributed by atoms with E-state index < -0.39 is 0 Å². The van der Waals surface area contributed by atoms with Crippen LogP contribution >= 0.6 is 0 Å². The zero-order valence-corrected chi connectivity index (χ0v) is 15.0. The highest BCUT2D eigenvalue weighted by atomic mass is 16.5. The molecular formula is C22H21NO4. The van der Waals surface area contributed by atoms with Crippen LogP contribution < -0.4 is 9.64 Å². The first kappa shape index (κ1) is 17.5. The normalized spacial score (nSPS) is 21.9. The molecule has 138 valence electrons. The third kappa shape index (κ3) is 3.50. The molecular weight excluding hydrogens is 342 g/mol. The van der Waals surface area contributed by atoms with Gasteiger partial charge in [0.25, 0.3) is 0 Å². The number of fused-ring (bicyclic) bond motifs is 1. The van der Waals surface area contributed by atoms with Crippen LogP contribution in [-0.2, 0) is 20.8 Å². The first-order chi connectivity index (χ1) is 13.1. The zero-order valence-electron chi connectivity index (χ0n) is 15.0. The summed E-state index contributed by atoms with van der Waals surface area (Å²) in [6, 6.07) is 16.0. The molecule has 27 heavy (non-hydrogen) atoms. The van der Waals surface area contributed by atoms with Gasteiger partial charge in [-0.15, -0.1) is 0 Å². The van der Waals surface area contributed by atoms with Gasteiger partial charge in [-0.3, -0.25) is 19.3 Å². The number of ether oxygens (including phenoxy) is 1. The summed E-state index contributed by atoms with van der Waals surface area (Å²) in [5.41, 5.74) is 1.43. The summed E-state index contributed by atoms with van der Waals surface area (Å²) in [5.74, 6) is -0.495. The van der Waals surface area contributed by atoms with Crippen molar-refractivity contribution < 1.29 is 19.1 Å². The lowest BCUT2D eigenvalue weighted by atomic mass is 9.81. The number of anilines is 1. The van der Waals surface area contributed by atoms with Crippen molar-refractivity contribution in [1.29, 1.82) is 0 Å². The molecule has 0 N–H and O–H groups in total. The molecule has 1 saturated heterocycles. The van der Waals surface area contributed by atoms with E-state index in [-0.39, 0.29) is 36.0 Å². The number of esters is 1. The number of hydrogen-bond acceptors (Lipinski definition) is 4. The second-order valence-corrected chi connectivity index (χ2v) is 7.14. The second-order valence-electron chi connectivity index (χ2n) is 7.14. The molecule has 2 amide bonds. The van der Waals surface area contributed by atoms with Crippen molar-refractivity contribution >= 4 is 23.5 Å².